The lowest BCUT2D eigenvalue weighted by Crippen LogP contribution is -2.20. The maximum absolute atomic E-state index is 12.2. The molecular weight excluding hydrogens is 374 g/mol. The molecular formula is C16H17N5O3S2. The van der Waals surface area contributed by atoms with Crippen molar-refractivity contribution in [2.45, 2.75) is 20.4 Å². The van der Waals surface area contributed by atoms with Gasteiger partial charge in [-0.25, -0.2) is 15.0 Å². The first-order valence-electron chi connectivity index (χ1n) is 7.73. The van der Waals surface area contributed by atoms with Crippen molar-refractivity contribution in [3.63, 3.8) is 0 Å². The molecule has 3 heterocycles. The third kappa shape index (κ3) is 3.30. The van der Waals surface area contributed by atoms with Crippen molar-refractivity contribution in [3.8, 4) is 5.88 Å². The van der Waals surface area contributed by atoms with Crippen LogP contribution in [0.1, 0.15) is 16.0 Å². The number of nitrogens with zero attached hydrogens (tertiary/aromatic N) is 4. The summed E-state index contributed by atoms with van der Waals surface area (Å²) in [6.45, 7) is 4.63. The molecule has 0 saturated heterocycles. The Morgan fingerprint density at radius 1 is 1.46 bits per heavy atom. The van der Waals surface area contributed by atoms with Crippen molar-refractivity contribution < 1.29 is 9.84 Å². The van der Waals surface area contributed by atoms with E-state index in [4.69, 9.17) is 17.0 Å². The summed E-state index contributed by atoms with van der Waals surface area (Å²) in [5.41, 5.74) is 0.534. The minimum absolute atomic E-state index is 0.00562. The number of hydrogen-bond donors (Lipinski definition) is 2. The lowest BCUT2D eigenvalue weighted by atomic mass is 10.2. The molecule has 26 heavy (non-hydrogen) atoms. The number of aryl methyl sites for hydroxylation is 2. The molecule has 136 valence electrons. The molecule has 0 aliphatic carbocycles. The van der Waals surface area contributed by atoms with Crippen molar-refractivity contribution in [2.75, 3.05) is 13.7 Å². The molecule has 3 aromatic rings. The SMILES string of the molecule is COCCn1c(O)c(/C=N/c2ncnc3sc(C)c(C)c23)c(=O)[nH]c1=S. The van der Waals surface area contributed by atoms with Crippen LogP contribution >= 0.6 is 23.6 Å². The van der Waals surface area contributed by atoms with Crippen LogP contribution in [0.25, 0.3) is 10.2 Å². The van der Waals surface area contributed by atoms with Crippen molar-refractivity contribution in [1.82, 2.24) is 19.5 Å². The molecule has 0 atom stereocenters. The molecule has 0 radical (unpaired) electrons. The van der Waals surface area contributed by atoms with Gasteiger partial charge in [0, 0.05) is 18.2 Å². The molecule has 0 saturated carbocycles. The Hall–Kier alpha value is -2.43. The van der Waals surface area contributed by atoms with E-state index in [-0.39, 0.29) is 16.2 Å². The minimum atomic E-state index is -0.520. The summed E-state index contributed by atoms with van der Waals surface area (Å²) in [5.74, 6) is 0.185. The summed E-state index contributed by atoms with van der Waals surface area (Å²) in [5, 5.41) is 11.3. The normalized spacial score (nSPS) is 11.7. The minimum Gasteiger partial charge on any atom is -0.494 e. The second-order valence-electron chi connectivity index (χ2n) is 5.56. The van der Waals surface area contributed by atoms with Gasteiger partial charge in [0.2, 0.25) is 5.88 Å². The molecule has 3 rings (SSSR count). The smallest absolute Gasteiger partial charge is 0.264 e. The van der Waals surface area contributed by atoms with Gasteiger partial charge in [-0.2, -0.15) is 0 Å². The molecule has 0 aliphatic heterocycles. The molecule has 0 aliphatic rings. The first-order chi connectivity index (χ1) is 12.4. The van der Waals surface area contributed by atoms with E-state index in [2.05, 4.69) is 19.9 Å². The Kier molecular flexibility index (Phi) is 5.25. The summed E-state index contributed by atoms with van der Waals surface area (Å²) in [4.78, 5) is 29.5. The standard InChI is InChI=1S/C16H17N5O3S2/c1-8-9(2)26-14-11(8)12(18-7-19-14)17-6-10-13(22)20-16(25)21(15(10)23)4-5-24-3/h6-7,23H,4-5H2,1-3H3,(H,20,22,25)/b17-6+. The fraction of sp³-hybridized carbons (Fsp3) is 0.312. The van der Waals surface area contributed by atoms with E-state index < -0.39 is 5.56 Å². The monoisotopic (exact) mass is 391 g/mol. The van der Waals surface area contributed by atoms with Gasteiger partial charge in [-0.15, -0.1) is 11.3 Å². The Balaban J connectivity index is 2.10. The molecule has 8 nitrogen and oxygen atoms in total. The average Bonchev–Trinajstić information content (AvgIpc) is 2.89. The lowest BCUT2D eigenvalue weighted by Gasteiger charge is -2.10. The van der Waals surface area contributed by atoms with Crippen molar-refractivity contribution >= 4 is 45.8 Å². The van der Waals surface area contributed by atoms with Crippen LogP contribution in [0.5, 0.6) is 5.88 Å². The number of nitrogens with one attached hydrogen (secondary N) is 1. The predicted molar refractivity (Wildman–Crippen MR) is 104 cm³/mol. The van der Waals surface area contributed by atoms with E-state index in [1.807, 2.05) is 13.8 Å². The highest BCUT2D eigenvalue weighted by Crippen LogP contribution is 2.33. The van der Waals surface area contributed by atoms with Crippen molar-refractivity contribution in [2.24, 2.45) is 4.99 Å². The molecule has 0 aromatic carbocycles. The number of hydrogen-bond acceptors (Lipinski definition) is 8. The van der Waals surface area contributed by atoms with E-state index in [0.29, 0.717) is 19.0 Å². The second-order valence-corrected chi connectivity index (χ2v) is 7.15. The molecule has 0 bridgehead atoms. The van der Waals surface area contributed by atoms with Crippen LogP contribution < -0.4 is 5.56 Å². The summed E-state index contributed by atoms with van der Waals surface area (Å²) >= 11 is 6.65. The van der Waals surface area contributed by atoms with Crippen LogP contribution in [0.4, 0.5) is 5.82 Å². The number of H-pyrrole nitrogens is 1. The molecule has 0 spiro atoms. The maximum Gasteiger partial charge on any atom is 0.264 e. The van der Waals surface area contributed by atoms with Crippen LogP contribution in [0.15, 0.2) is 16.1 Å². The van der Waals surface area contributed by atoms with Gasteiger partial charge in [-0.3, -0.25) is 14.3 Å². The van der Waals surface area contributed by atoms with E-state index in [9.17, 15) is 9.90 Å². The number of aromatic nitrogens is 4. The zero-order chi connectivity index (χ0) is 18.8. The third-order valence-electron chi connectivity index (χ3n) is 3.99. The van der Waals surface area contributed by atoms with Gasteiger partial charge in [-0.1, -0.05) is 0 Å². The largest absolute Gasteiger partial charge is 0.494 e. The first kappa shape index (κ1) is 18.4. The van der Waals surface area contributed by atoms with Gasteiger partial charge in [0.25, 0.3) is 5.56 Å². The number of ether oxygens (including phenoxy) is 1. The summed E-state index contributed by atoms with van der Waals surface area (Å²) in [6, 6.07) is 0. The average molecular weight is 391 g/mol. The topological polar surface area (TPSA) is 105 Å². The van der Waals surface area contributed by atoms with E-state index in [1.165, 1.54) is 17.1 Å². The van der Waals surface area contributed by atoms with Crippen LogP contribution in [-0.4, -0.2) is 44.6 Å². The fourth-order valence-corrected chi connectivity index (χ4v) is 3.73. The molecule has 0 amide bonds. The number of aliphatic imine (C=N–C) groups is 1. The Morgan fingerprint density at radius 3 is 2.96 bits per heavy atom. The zero-order valence-corrected chi connectivity index (χ0v) is 16.1. The molecule has 10 heteroatoms. The van der Waals surface area contributed by atoms with E-state index in [0.717, 1.165) is 20.7 Å². The molecule has 0 unspecified atom stereocenters. The van der Waals surface area contributed by atoms with E-state index >= 15 is 0 Å². The highest BCUT2D eigenvalue weighted by molar-refractivity contribution is 7.71. The van der Waals surface area contributed by atoms with Crippen molar-refractivity contribution in [3.05, 3.63) is 37.5 Å². The summed E-state index contributed by atoms with van der Waals surface area (Å²) in [6.07, 6.45) is 2.72. The van der Waals surface area contributed by atoms with E-state index in [1.54, 1.807) is 18.4 Å². The predicted octanol–water partition coefficient (Wildman–Crippen LogP) is 2.63. The number of aromatic amines is 1. The second kappa shape index (κ2) is 7.44. The Morgan fingerprint density at radius 2 is 2.23 bits per heavy atom. The first-order valence-corrected chi connectivity index (χ1v) is 8.96. The number of fused-ring (bicyclic) bond motifs is 1. The van der Waals surface area contributed by atoms with Crippen LogP contribution in [0.3, 0.4) is 0 Å². The quantitative estimate of drug-likeness (QED) is 0.512. The van der Waals surface area contributed by atoms with Gasteiger partial charge in [0.05, 0.1) is 18.5 Å². The van der Waals surface area contributed by atoms with Gasteiger partial charge in [0.15, 0.2) is 10.6 Å². The zero-order valence-electron chi connectivity index (χ0n) is 14.4. The lowest BCUT2D eigenvalue weighted by molar-refractivity contribution is 0.182. The molecule has 3 aromatic heterocycles. The Labute approximate surface area is 157 Å². The van der Waals surface area contributed by atoms with Crippen LogP contribution in [-0.2, 0) is 11.3 Å². The van der Waals surface area contributed by atoms with Gasteiger partial charge < -0.3 is 9.84 Å². The number of aromatic hydroxyl groups is 1. The molecule has 2 N–H and O–H groups in total. The van der Waals surface area contributed by atoms with Gasteiger partial charge >= 0.3 is 0 Å². The summed E-state index contributed by atoms with van der Waals surface area (Å²) < 4.78 is 6.51. The number of rotatable bonds is 5. The van der Waals surface area contributed by atoms with Crippen LogP contribution in [0.2, 0.25) is 0 Å². The highest BCUT2D eigenvalue weighted by Gasteiger charge is 2.13. The Bertz CT molecular complexity index is 1110. The number of methoxy groups -OCH3 is 1. The third-order valence-corrected chi connectivity index (χ3v) is 5.42. The fourth-order valence-electron chi connectivity index (χ4n) is 2.47. The highest BCUT2D eigenvalue weighted by atomic mass is 32.1. The maximum atomic E-state index is 12.2. The van der Waals surface area contributed by atoms with Crippen molar-refractivity contribution in [1.29, 1.82) is 0 Å². The van der Waals surface area contributed by atoms with Crippen LogP contribution in [0, 0.1) is 18.6 Å². The van der Waals surface area contributed by atoms with Gasteiger partial charge in [-0.05, 0) is 31.6 Å². The molecule has 0 fully saturated rings. The summed E-state index contributed by atoms with van der Waals surface area (Å²) in [7, 11) is 1.54. The number of thiophene rings is 1. The van der Waals surface area contributed by atoms with Gasteiger partial charge in [0.1, 0.15) is 16.7 Å².